The molecule has 0 aliphatic rings. The van der Waals surface area contributed by atoms with Crippen LogP contribution in [0.3, 0.4) is 0 Å². The number of hydrogen-bond donors (Lipinski definition) is 0. The van der Waals surface area contributed by atoms with Crippen molar-refractivity contribution in [3.05, 3.63) is 48.0 Å². The first-order valence-electron chi connectivity index (χ1n) is 5.50. The van der Waals surface area contributed by atoms with Crippen LogP contribution in [-0.2, 0) is 14.3 Å². The van der Waals surface area contributed by atoms with E-state index in [1.165, 1.54) is 6.92 Å². The quantitative estimate of drug-likeness (QED) is 0.579. The van der Waals surface area contributed by atoms with E-state index >= 15 is 0 Å². The topological polar surface area (TPSA) is 43.4 Å². The molecule has 0 saturated heterocycles. The lowest BCUT2D eigenvalue weighted by atomic mass is 9.98. The summed E-state index contributed by atoms with van der Waals surface area (Å²) in [5, 5.41) is 0. The number of carbonyl (C=O) groups excluding carboxylic acids is 2. The number of rotatable bonds is 5. The van der Waals surface area contributed by atoms with E-state index in [4.69, 9.17) is 4.74 Å². The van der Waals surface area contributed by atoms with Crippen molar-refractivity contribution >= 4 is 11.8 Å². The van der Waals surface area contributed by atoms with Gasteiger partial charge < -0.3 is 4.74 Å². The standard InChI is InChI=1S/C14H16O3/c1-4-13(16)10(2)14(17-11(3)15)12-8-6-5-7-9-12/h5-9,14H,2,4H2,1,3H3. The van der Waals surface area contributed by atoms with E-state index in [1.807, 2.05) is 30.3 Å². The Morgan fingerprint density at radius 3 is 2.35 bits per heavy atom. The third-order valence-corrected chi connectivity index (χ3v) is 2.38. The van der Waals surface area contributed by atoms with Gasteiger partial charge in [-0.25, -0.2) is 0 Å². The summed E-state index contributed by atoms with van der Waals surface area (Å²) >= 11 is 0. The van der Waals surface area contributed by atoms with E-state index in [0.29, 0.717) is 12.0 Å². The smallest absolute Gasteiger partial charge is 0.303 e. The van der Waals surface area contributed by atoms with E-state index in [1.54, 1.807) is 6.92 Å². The predicted octanol–water partition coefficient (Wildman–Crippen LogP) is 2.83. The van der Waals surface area contributed by atoms with Crippen LogP contribution in [0.5, 0.6) is 0 Å². The number of ether oxygens (including phenoxy) is 1. The lowest BCUT2D eigenvalue weighted by Gasteiger charge is -2.18. The molecule has 0 aliphatic heterocycles. The van der Waals surface area contributed by atoms with Crippen molar-refractivity contribution in [1.82, 2.24) is 0 Å². The molecule has 0 heterocycles. The Hall–Kier alpha value is -1.90. The molecule has 1 unspecified atom stereocenters. The van der Waals surface area contributed by atoms with Crippen LogP contribution < -0.4 is 0 Å². The van der Waals surface area contributed by atoms with Crippen LogP contribution in [-0.4, -0.2) is 11.8 Å². The summed E-state index contributed by atoms with van der Waals surface area (Å²) in [6.45, 7) is 6.80. The summed E-state index contributed by atoms with van der Waals surface area (Å²) in [6, 6.07) is 9.13. The van der Waals surface area contributed by atoms with Crippen LogP contribution in [0.2, 0.25) is 0 Å². The molecule has 1 atom stereocenters. The SMILES string of the molecule is C=C(C(=O)CC)C(OC(C)=O)c1ccccc1. The molecule has 3 heteroatoms. The van der Waals surface area contributed by atoms with E-state index in [9.17, 15) is 9.59 Å². The van der Waals surface area contributed by atoms with Crippen LogP contribution in [0.4, 0.5) is 0 Å². The van der Waals surface area contributed by atoms with Gasteiger partial charge in [-0.3, -0.25) is 9.59 Å². The molecule has 17 heavy (non-hydrogen) atoms. The predicted molar refractivity (Wildman–Crippen MR) is 65.4 cm³/mol. The van der Waals surface area contributed by atoms with Gasteiger partial charge >= 0.3 is 5.97 Å². The average molecular weight is 232 g/mol. The molecule has 1 aromatic carbocycles. The fourth-order valence-electron chi connectivity index (χ4n) is 1.51. The van der Waals surface area contributed by atoms with E-state index < -0.39 is 12.1 Å². The van der Waals surface area contributed by atoms with Gasteiger partial charge in [0.25, 0.3) is 0 Å². The minimum Gasteiger partial charge on any atom is -0.453 e. The molecule has 0 bridgehead atoms. The van der Waals surface area contributed by atoms with Crippen molar-refractivity contribution in [2.75, 3.05) is 0 Å². The number of esters is 1. The monoisotopic (exact) mass is 232 g/mol. The molecule has 0 aliphatic carbocycles. The molecular weight excluding hydrogens is 216 g/mol. The van der Waals surface area contributed by atoms with Gasteiger partial charge in [0.15, 0.2) is 11.9 Å². The largest absolute Gasteiger partial charge is 0.453 e. The highest BCUT2D eigenvalue weighted by Gasteiger charge is 2.22. The number of hydrogen-bond acceptors (Lipinski definition) is 3. The van der Waals surface area contributed by atoms with Crippen molar-refractivity contribution < 1.29 is 14.3 Å². The molecular formula is C14H16O3. The molecule has 0 radical (unpaired) electrons. The van der Waals surface area contributed by atoms with Crippen molar-refractivity contribution in [3.63, 3.8) is 0 Å². The highest BCUT2D eigenvalue weighted by molar-refractivity contribution is 5.96. The maximum atomic E-state index is 11.6. The lowest BCUT2D eigenvalue weighted by molar-refractivity contribution is -0.145. The van der Waals surface area contributed by atoms with Crippen LogP contribution >= 0.6 is 0 Å². The van der Waals surface area contributed by atoms with E-state index in [0.717, 1.165) is 5.56 Å². The number of carbonyl (C=O) groups is 2. The molecule has 0 spiro atoms. The Balaban J connectivity index is 3.00. The third-order valence-electron chi connectivity index (χ3n) is 2.38. The Labute approximate surface area is 101 Å². The second-order valence-electron chi connectivity index (χ2n) is 3.70. The number of benzene rings is 1. The summed E-state index contributed by atoms with van der Waals surface area (Å²) < 4.78 is 5.16. The molecule has 0 amide bonds. The second-order valence-corrected chi connectivity index (χ2v) is 3.70. The summed E-state index contributed by atoms with van der Waals surface area (Å²) in [5.74, 6) is -0.524. The minimum absolute atomic E-state index is 0.0971. The van der Waals surface area contributed by atoms with Crippen LogP contribution in [0.1, 0.15) is 31.9 Å². The van der Waals surface area contributed by atoms with Crippen molar-refractivity contribution in [3.8, 4) is 0 Å². The first-order valence-corrected chi connectivity index (χ1v) is 5.50. The first kappa shape index (κ1) is 13.2. The highest BCUT2D eigenvalue weighted by Crippen LogP contribution is 2.26. The molecule has 3 nitrogen and oxygen atoms in total. The van der Waals surface area contributed by atoms with Gasteiger partial charge in [-0.15, -0.1) is 0 Å². The fraction of sp³-hybridized carbons (Fsp3) is 0.286. The van der Waals surface area contributed by atoms with Gasteiger partial charge in [0.2, 0.25) is 0 Å². The van der Waals surface area contributed by atoms with E-state index in [2.05, 4.69) is 6.58 Å². The Morgan fingerprint density at radius 1 is 1.29 bits per heavy atom. The molecule has 1 aromatic rings. The Bertz CT molecular complexity index is 420. The Kier molecular flexibility index (Phi) is 4.64. The zero-order valence-electron chi connectivity index (χ0n) is 10.1. The van der Waals surface area contributed by atoms with Gasteiger partial charge in [0.05, 0.1) is 0 Å². The highest BCUT2D eigenvalue weighted by atomic mass is 16.5. The Morgan fingerprint density at radius 2 is 1.88 bits per heavy atom. The lowest BCUT2D eigenvalue weighted by Crippen LogP contribution is -2.15. The molecule has 0 saturated carbocycles. The fourth-order valence-corrected chi connectivity index (χ4v) is 1.51. The normalized spacial score (nSPS) is 11.6. The molecule has 0 aromatic heterocycles. The number of ketones is 1. The van der Waals surface area contributed by atoms with Gasteiger partial charge in [-0.05, 0) is 5.56 Å². The van der Waals surface area contributed by atoms with E-state index in [-0.39, 0.29) is 5.78 Å². The van der Waals surface area contributed by atoms with Crippen molar-refractivity contribution in [2.45, 2.75) is 26.4 Å². The molecule has 0 N–H and O–H groups in total. The first-order chi connectivity index (χ1) is 8.06. The number of Topliss-reactive ketones (excluding diaryl/α,β-unsaturated/α-hetero) is 1. The maximum absolute atomic E-state index is 11.6. The van der Waals surface area contributed by atoms with Crippen molar-refractivity contribution in [2.24, 2.45) is 0 Å². The van der Waals surface area contributed by atoms with Crippen LogP contribution in [0.15, 0.2) is 42.5 Å². The maximum Gasteiger partial charge on any atom is 0.303 e. The summed E-state index contributed by atoms with van der Waals surface area (Å²) in [6.07, 6.45) is -0.329. The van der Waals surface area contributed by atoms with Gasteiger partial charge in [0.1, 0.15) is 0 Å². The summed E-state index contributed by atoms with van der Waals surface area (Å²) in [4.78, 5) is 22.7. The second kappa shape index (κ2) is 5.99. The van der Waals surface area contributed by atoms with Crippen LogP contribution in [0.25, 0.3) is 0 Å². The van der Waals surface area contributed by atoms with Gasteiger partial charge in [0, 0.05) is 18.9 Å². The average Bonchev–Trinajstić information content (AvgIpc) is 2.35. The molecule has 0 fully saturated rings. The van der Waals surface area contributed by atoms with Gasteiger partial charge in [-0.1, -0.05) is 43.8 Å². The zero-order chi connectivity index (χ0) is 12.8. The molecule has 90 valence electrons. The minimum atomic E-state index is -0.679. The summed E-state index contributed by atoms with van der Waals surface area (Å²) in [7, 11) is 0. The van der Waals surface area contributed by atoms with Gasteiger partial charge in [-0.2, -0.15) is 0 Å². The zero-order valence-corrected chi connectivity index (χ0v) is 10.1. The molecule has 1 rings (SSSR count). The third kappa shape index (κ3) is 3.55. The van der Waals surface area contributed by atoms with Crippen molar-refractivity contribution in [1.29, 1.82) is 0 Å². The van der Waals surface area contributed by atoms with Crippen LogP contribution in [0, 0.1) is 0 Å². The summed E-state index contributed by atoms with van der Waals surface area (Å²) in [5.41, 5.74) is 1.07.